The van der Waals surface area contributed by atoms with E-state index in [0.717, 1.165) is 0 Å². The Hall–Kier alpha value is -0.470. The molecule has 1 aromatic carbocycles. The van der Waals surface area contributed by atoms with E-state index in [2.05, 4.69) is 30.5 Å². The zero-order valence-corrected chi connectivity index (χ0v) is 11.3. The average Bonchev–Trinajstić information content (AvgIpc) is 2.42. The van der Waals surface area contributed by atoms with Crippen molar-refractivity contribution >= 4 is 11.8 Å². The van der Waals surface area contributed by atoms with Crippen molar-refractivity contribution in [3.8, 4) is 0 Å². The highest BCUT2D eigenvalue weighted by molar-refractivity contribution is 7.98. The maximum absolute atomic E-state index is 10.6. The molecule has 1 nitrogen and oxygen atoms in total. The molecule has 2 rings (SSSR count). The van der Waals surface area contributed by atoms with E-state index >= 15 is 0 Å². The summed E-state index contributed by atoms with van der Waals surface area (Å²) in [6.07, 6.45) is 8.24. The monoisotopic (exact) mass is 250 g/mol. The summed E-state index contributed by atoms with van der Waals surface area (Å²) < 4.78 is 0. The lowest BCUT2D eigenvalue weighted by atomic mass is 9.83. The Morgan fingerprint density at radius 1 is 1.12 bits per heavy atom. The first kappa shape index (κ1) is 13.0. The Balaban J connectivity index is 2.07. The highest BCUT2D eigenvalue weighted by Crippen LogP contribution is 2.38. The Kier molecular flexibility index (Phi) is 4.93. The molecule has 1 aliphatic carbocycles. The molecule has 1 fully saturated rings. The molecule has 2 atom stereocenters. The van der Waals surface area contributed by atoms with E-state index in [1.54, 1.807) is 11.8 Å². The van der Waals surface area contributed by atoms with E-state index in [4.69, 9.17) is 0 Å². The molecule has 1 N–H and O–H groups in total. The number of thioether (sulfide) groups is 1. The molecule has 0 amide bonds. The van der Waals surface area contributed by atoms with Crippen LogP contribution in [0, 0.1) is 5.92 Å². The van der Waals surface area contributed by atoms with Gasteiger partial charge in [0.15, 0.2) is 0 Å². The third-order valence-electron chi connectivity index (χ3n) is 3.83. The van der Waals surface area contributed by atoms with Gasteiger partial charge in [-0.15, -0.1) is 0 Å². The summed E-state index contributed by atoms with van der Waals surface area (Å²) in [4.78, 5) is 0. The maximum Gasteiger partial charge on any atom is 0.0727 e. The van der Waals surface area contributed by atoms with E-state index < -0.39 is 0 Å². The molecule has 0 bridgehead atoms. The van der Waals surface area contributed by atoms with Crippen LogP contribution in [0.5, 0.6) is 0 Å². The van der Waals surface area contributed by atoms with Crippen LogP contribution in [0.2, 0.25) is 0 Å². The topological polar surface area (TPSA) is 20.2 Å². The third-order valence-corrected chi connectivity index (χ3v) is 4.88. The van der Waals surface area contributed by atoms with Crippen LogP contribution in [-0.2, 0) is 0 Å². The molecule has 1 saturated carbocycles. The van der Waals surface area contributed by atoms with Crippen LogP contribution < -0.4 is 0 Å². The molecule has 0 aliphatic heterocycles. The lowest BCUT2D eigenvalue weighted by molar-refractivity contribution is 0.0826. The third kappa shape index (κ3) is 3.26. The standard InChI is InChI=1S/C15H22OS/c1-17-15(13-10-6-3-7-11-13)14(16)12-8-4-2-5-9-12/h3,6-7,10-12,14-16H,2,4-5,8-9H2,1H3/t14-,15+/m1/s1. The van der Waals surface area contributed by atoms with Gasteiger partial charge in [-0.3, -0.25) is 0 Å². The van der Waals surface area contributed by atoms with Crippen molar-refractivity contribution in [1.82, 2.24) is 0 Å². The smallest absolute Gasteiger partial charge is 0.0727 e. The Bertz CT molecular complexity index is 319. The number of rotatable bonds is 4. The van der Waals surface area contributed by atoms with Gasteiger partial charge in [-0.1, -0.05) is 49.6 Å². The highest BCUT2D eigenvalue weighted by Gasteiger charge is 2.29. The second-order valence-electron chi connectivity index (χ2n) is 4.96. The van der Waals surface area contributed by atoms with Crippen LogP contribution in [0.3, 0.4) is 0 Å². The van der Waals surface area contributed by atoms with Crippen LogP contribution in [0.1, 0.15) is 42.9 Å². The fraction of sp³-hybridized carbons (Fsp3) is 0.600. The van der Waals surface area contributed by atoms with Gasteiger partial charge in [0.1, 0.15) is 0 Å². The number of aliphatic hydroxyl groups excluding tert-OH is 1. The van der Waals surface area contributed by atoms with Crippen LogP contribution in [0.15, 0.2) is 30.3 Å². The lowest BCUT2D eigenvalue weighted by Crippen LogP contribution is -2.27. The molecule has 0 unspecified atom stereocenters. The van der Waals surface area contributed by atoms with Crippen molar-refractivity contribution in [3.05, 3.63) is 35.9 Å². The van der Waals surface area contributed by atoms with Crippen molar-refractivity contribution in [2.24, 2.45) is 5.92 Å². The van der Waals surface area contributed by atoms with E-state index in [0.29, 0.717) is 5.92 Å². The zero-order chi connectivity index (χ0) is 12.1. The van der Waals surface area contributed by atoms with Crippen molar-refractivity contribution in [1.29, 1.82) is 0 Å². The number of hydrogen-bond donors (Lipinski definition) is 1. The SMILES string of the molecule is CS[C@@H](c1ccccc1)[C@H](O)C1CCCCC1. The van der Waals surface area contributed by atoms with Gasteiger partial charge in [-0.2, -0.15) is 11.8 Å². The Labute approximate surface area is 109 Å². The quantitative estimate of drug-likeness (QED) is 0.870. The summed E-state index contributed by atoms with van der Waals surface area (Å²) in [7, 11) is 0. The second-order valence-corrected chi connectivity index (χ2v) is 5.93. The minimum Gasteiger partial charge on any atom is -0.391 e. The molecule has 1 aromatic rings. The minimum atomic E-state index is -0.187. The Morgan fingerprint density at radius 3 is 2.35 bits per heavy atom. The summed E-state index contributed by atoms with van der Waals surface area (Å²) in [6.45, 7) is 0. The zero-order valence-electron chi connectivity index (χ0n) is 10.5. The van der Waals surface area contributed by atoms with Crippen LogP contribution in [0.25, 0.3) is 0 Å². The summed E-state index contributed by atoms with van der Waals surface area (Å²) in [5.74, 6) is 0.501. The molecule has 0 aromatic heterocycles. The van der Waals surface area contributed by atoms with E-state index in [1.807, 2.05) is 6.07 Å². The molecular weight excluding hydrogens is 228 g/mol. The van der Waals surface area contributed by atoms with Gasteiger partial charge < -0.3 is 5.11 Å². The summed E-state index contributed by atoms with van der Waals surface area (Å²) >= 11 is 1.77. The average molecular weight is 250 g/mol. The predicted octanol–water partition coefficient (Wildman–Crippen LogP) is 4.03. The van der Waals surface area contributed by atoms with Gasteiger partial charge in [0.25, 0.3) is 0 Å². The number of benzene rings is 1. The molecule has 1 aliphatic rings. The predicted molar refractivity (Wildman–Crippen MR) is 75.3 cm³/mol. The van der Waals surface area contributed by atoms with Crippen LogP contribution >= 0.6 is 11.8 Å². The minimum absolute atomic E-state index is 0.187. The highest BCUT2D eigenvalue weighted by atomic mass is 32.2. The largest absolute Gasteiger partial charge is 0.391 e. The molecule has 0 saturated heterocycles. The first-order chi connectivity index (χ1) is 8.33. The molecule has 2 heteroatoms. The van der Waals surface area contributed by atoms with Gasteiger partial charge in [-0.25, -0.2) is 0 Å². The lowest BCUT2D eigenvalue weighted by Gasteiger charge is -2.31. The van der Waals surface area contributed by atoms with Gasteiger partial charge >= 0.3 is 0 Å². The molecule has 94 valence electrons. The van der Waals surface area contributed by atoms with Crippen molar-refractivity contribution < 1.29 is 5.11 Å². The number of hydrogen-bond acceptors (Lipinski definition) is 2. The molecular formula is C15H22OS. The molecule has 0 spiro atoms. The maximum atomic E-state index is 10.6. The number of aliphatic hydroxyl groups is 1. The summed E-state index contributed by atoms with van der Waals surface area (Å²) in [6, 6.07) is 10.4. The van der Waals surface area contributed by atoms with Gasteiger partial charge in [0.05, 0.1) is 11.4 Å². The van der Waals surface area contributed by atoms with E-state index in [-0.39, 0.29) is 11.4 Å². The molecule has 0 radical (unpaired) electrons. The van der Waals surface area contributed by atoms with Crippen LogP contribution in [0.4, 0.5) is 0 Å². The van der Waals surface area contributed by atoms with Crippen molar-refractivity contribution in [2.45, 2.75) is 43.5 Å². The molecule has 0 heterocycles. The fourth-order valence-corrected chi connectivity index (χ4v) is 3.77. The Morgan fingerprint density at radius 2 is 1.76 bits per heavy atom. The van der Waals surface area contributed by atoms with Crippen LogP contribution in [-0.4, -0.2) is 17.5 Å². The van der Waals surface area contributed by atoms with Gasteiger partial charge in [-0.05, 0) is 30.6 Å². The summed E-state index contributed by atoms with van der Waals surface area (Å²) in [5, 5.41) is 10.8. The van der Waals surface area contributed by atoms with Gasteiger partial charge in [0.2, 0.25) is 0 Å². The van der Waals surface area contributed by atoms with E-state index in [1.165, 1.54) is 37.7 Å². The normalized spacial score (nSPS) is 21.1. The summed E-state index contributed by atoms with van der Waals surface area (Å²) in [5.41, 5.74) is 1.26. The molecule has 17 heavy (non-hydrogen) atoms. The van der Waals surface area contributed by atoms with Crippen molar-refractivity contribution in [3.63, 3.8) is 0 Å². The van der Waals surface area contributed by atoms with E-state index in [9.17, 15) is 5.11 Å². The van der Waals surface area contributed by atoms with Gasteiger partial charge in [0, 0.05) is 0 Å². The fourth-order valence-electron chi connectivity index (χ4n) is 2.84. The van der Waals surface area contributed by atoms with Crippen molar-refractivity contribution in [2.75, 3.05) is 6.26 Å². The first-order valence-electron chi connectivity index (χ1n) is 6.58. The first-order valence-corrected chi connectivity index (χ1v) is 7.87. The second kappa shape index (κ2) is 6.46.